The summed E-state index contributed by atoms with van der Waals surface area (Å²) in [5.41, 5.74) is 2.08. The van der Waals surface area contributed by atoms with E-state index in [0.717, 1.165) is 11.1 Å². The standard InChI is InChI=1S/C19H19N5O3S/c1-12-8-4-5-9-14(12)17-21-22-19(23(17)3)28-13(2)18(25)20-15-10-6-7-11-16(15)24(26)27/h4-11,13H,1-3H3,(H,20,25). The molecule has 0 fully saturated rings. The SMILES string of the molecule is Cc1ccccc1-c1nnc(SC(C)C(=O)Nc2ccccc2[N+](=O)[O-])n1C. The monoisotopic (exact) mass is 397 g/mol. The molecule has 9 heteroatoms. The van der Waals surface area contributed by atoms with Crippen molar-refractivity contribution in [3.63, 3.8) is 0 Å². The maximum absolute atomic E-state index is 12.5. The number of hydrogen-bond acceptors (Lipinski definition) is 6. The molecule has 144 valence electrons. The van der Waals surface area contributed by atoms with Gasteiger partial charge in [-0.1, -0.05) is 48.2 Å². The number of nitro groups is 1. The number of amides is 1. The van der Waals surface area contributed by atoms with Crippen LogP contribution in [-0.4, -0.2) is 30.8 Å². The van der Waals surface area contributed by atoms with Crippen LogP contribution in [-0.2, 0) is 11.8 Å². The maximum atomic E-state index is 12.5. The molecule has 28 heavy (non-hydrogen) atoms. The van der Waals surface area contributed by atoms with Crippen LogP contribution in [0.2, 0.25) is 0 Å². The second kappa shape index (κ2) is 8.22. The van der Waals surface area contributed by atoms with Gasteiger partial charge in [0.05, 0.1) is 10.2 Å². The van der Waals surface area contributed by atoms with Crippen LogP contribution in [0.25, 0.3) is 11.4 Å². The Kier molecular flexibility index (Phi) is 5.74. The highest BCUT2D eigenvalue weighted by molar-refractivity contribution is 8.00. The Hall–Kier alpha value is -3.20. The predicted molar refractivity (Wildman–Crippen MR) is 108 cm³/mol. The van der Waals surface area contributed by atoms with E-state index in [1.54, 1.807) is 19.1 Å². The van der Waals surface area contributed by atoms with Crippen molar-refractivity contribution in [2.75, 3.05) is 5.32 Å². The number of carbonyl (C=O) groups is 1. The quantitative estimate of drug-likeness (QED) is 0.385. The number of aryl methyl sites for hydroxylation is 1. The van der Waals surface area contributed by atoms with Gasteiger partial charge in [-0.15, -0.1) is 10.2 Å². The molecule has 1 heterocycles. The summed E-state index contributed by atoms with van der Waals surface area (Å²) in [6, 6.07) is 13.9. The fourth-order valence-electron chi connectivity index (χ4n) is 2.66. The van der Waals surface area contributed by atoms with Crippen LogP contribution >= 0.6 is 11.8 Å². The van der Waals surface area contributed by atoms with Gasteiger partial charge in [-0.2, -0.15) is 0 Å². The fourth-order valence-corrected chi connectivity index (χ4v) is 3.48. The molecule has 2 aromatic carbocycles. The van der Waals surface area contributed by atoms with Crippen LogP contribution in [0, 0.1) is 17.0 Å². The van der Waals surface area contributed by atoms with E-state index in [0.29, 0.717) is 11.0 Å². The smallest absolute Gasteiger partial charge is 0.292 e. The molecule has 0 saturated carbocycles. The average molecular weight is 397 g/mol. The van der Waals surface area contributed by atoms with Crippen molar-refractivity contribution < 1.29 is 9.72 Å². The van der Waals surface area contributed by atoms with Gasteiger partial charge >= 0.3 is 0 Å². The Bertz CT molecular complexity index is 1030. The molecule has 0 saturated heterocycles. The Morgan fingerprint density at radius 2 is 1.86 bits per heavy atom. The van der Waals surface area contributed by atoms with Gasteiger partial charge in [0, 0.05) is 18.7 Å². The number of aromatic nitrogens is 3. The van der Waals surface area contributed by atoms with Crippen molar-refractivity contribution in [3.05, 3.63) is 64.2 Å². The topological polar surface area (TPSA) is 103 Å². The molecule has 0 bridgehead atoms. The third-order valence-electron chi connectivity index (χ3n) is 4.23. The first kappa shape index (κ1) is 19.6. The number of nitro benzene ring substituents is 1. The number of thioether (sulfide) groups is 1. The third-order valence-corrected chi connectivity index (χ3v) is 5.36. The summed E-state index contributed by atoms with van der Waals surface area (Å²) in [7, 11) is 1.84. The van der Waals surface area contributed by atoms with Crippen molar-refractivity contribution in [1.82, 2.24) is 14.8 Å². The molecule has 0 aliphatic rings. The number of hydrogen-bond donors (Lipinski definition) is 1. The molecule has 1 aromatic heterocycles. The predicted octanol–water partition coefficient (Wildman–Crippen LogP) is 3.82. The lowest BCUT2D eigenvalue weighted by Crippen LogP contribution is -2.23. The van der Waals surface area contributed by atoms with Crippen LogP contribution in [0.1, 0.15) is 12.5 Å². The first-order valence-electron chi connectivity index (χ1n) is 8.55. The van der Waals surface area contributed by atoms with Crippen LogP contribution in [0.5, 0.6) is 0 Å². The number of anilines is 1. The minimum Gasteiger partial charge on any atom is -0.319 e. The fraction of sp³-hybridized carbons (Fsp3) is 0.211. The third kappa shape index (κ3) is 4.04. The minimum absolute atomic E-state index is 0.145. The molecule has 1 atom stereocenters. The Morgan fingerprint density at radius 1 is 1.18 bits per heavy atom. The van der Waals surface area contributed by atoms with Crippen LogP contribution in [0.3, 0.4) is 0 Å². The van der Waals surface area contributed by atoms with E-state index < -0.39 is 10.2 Å². The number of rotatable bonds is 6. The number of benzene rings is 2. The molecule has 3 rings (SSSR count). The first-order chi connectivity index (χ1) is 13.4. The summed E-state index contributed by atoms with van der Waals surface area (Å²) >= 11 is 1.24. The van der Waals surface area contributed by atoms with Gasteiger partial charge in [0.2, 0.25) is 5.91 Å². The van der Waals surface area contributed by atoms with E-state index in [4.69, 9.17) is 0 Å². The van der Waals surface area contributed by atoms with Crippen molar-refractivity contribution in [2.24, 2.45) is 7.05 Å². The van der Waals surface area contributed by atoms with E-state index in [2.05, 4.69) is 15.5 Å². The molecule has 0 radical (unpaired) electrons. The molecule has 1 amide bonds. The Labute approximate surface area is 166 Å². The number of nitrogens with one attached hydrogen (secondary N) is 1. The zero-order chi connectivity index (χ0) is 20.3. The Morgan fingerprint density at radius 3 is 2.57 bits per heavy atom. The molecule has 3 aromatic rings. The van der Waals surface area contributed by atoms with E-state index >= 15 is 0 Å². The molecule has 0 spiro atoms. The van der Waals surface area contributed by atoms with Crippen LogP contribution in [0.15, 0.2) is 53.7 Å². The molecule has 8 nitrogen and oxygen atoms in total. The summed E-state index contributed by atoms with van der Waals surface area (Å²) in [5, 5.41) is 22.2. The van der Waals surface area contributed by atoms with Crippen molar-refractivity contribution >= 4 is 29.0 Å². The van der Waals surface area contributed by atoms with Gasteiger partial charge in [-0.05, 0) is 25.5 Å². The molecular weight excluding hydrogens is 378 g/mol. The summed E-state index contributed by atoms with van der Waals surface area (Å²) in [6.07, 6.45) is 0. The van der Waals surface area contributed by atoms with E-state index in [9.17, 15) is 14.9 Å². The van der Waals surface area contributed by atoms with Crippen molar-refractivity contribution in [1.29, 1.82) is 0 Å². The first-order valence-corrected chi connectivity index (χ1v) is 9.42. The highest BCUT2D eigenvalue weighted by Crippen LogP contribution is 2.29. The molecule has 1 unspecified atom stereocenters. The van der Waals surface area contributed by atoms with E-state index in [1.807, 2.05) is 42.8 Å². The molecule has 0 aliphatic heterocycles. The molecule has 0 aliphatic carbocycles. The summed E-state index contributed by atoms with van der Waals surface area (Å²) < 4.78 is 1.84. The van der Waals surface area contributed by atoms with Gasteiger partial charge in [-0.3, -0.25) is 14.9 Å². The lowest BCUT2D eigenvalue weighted by molar-refractivity contribution is -0.383. The number of para-hydroxylation sites is 2. The second-order valence-corrected chi connectivity index (χ2v) is 7.51. The van der Waals surface area contributed by atoms with Crippen LogP contribution in [0.4, 0.5) is 11.4 Å². The summed E-state index contributed by atoms with van der Waals surface area (Å²) in [6.45, 7) is 3.72. The van der Waals surface area contributed by atoms with E-state index in [-0.39, 0.29) is 17.3 Å². The van der Waals surface area contributed by atoms with Gasteiger partial charge in [0.15, 0.2) is 11.0 Å². The lowest BCUT2D eigenvalue weighted by atomic mass is 10.1. The highest BCUT2D eigenvalue weighted by Gasteiger charge is 2.22. The largest absolute Gasteiger partial charge is 0.319 e. The lowest BCUT2D eigenvalue weighted by Gasteiger charge is -2.12. The molecular formula is C19H19N5O3S. The molecule has 1 N–H and O–H groups in total. The number of carbonyl (C=O) groups excluding carboxylic acids is 1. The number of nitrogens with zero attached hydrogens (tertiary/aromatic N) is 4. The van der Waals surface area contributed by atoms with E-state index in [1.165, 1.54) is 23.9 Å². The van der Waals surface area contributed by atoms with Gasteiger partial charge in [-0.25, -0.2) is 0 Å². The second-order valence-electron chi connectivity index (χ2n) is 6.20. The zero-order valence-corrected chi connectivity index (χ0v) is 16.4. The van der Waals surface area contributed by atoms with Gasteiger partial charge < -0.3 is 9.88 Å². The zero-order valence-electron chi connectivity index (χ0n) is 15.6. The maximum Gasteiger partial charge on any atom is 0.292 e. The average Bonchev–Trinajstić information content (AvgIpc) is 3.02. The van der Waals surface area contributed by atoms with Crippen molar-refractivity contribution in [3.8, 4) is 11.4 Å². The Balaban J connectivity index is 1.75. The van der Waals surface area contributed by atoms with Gasteiger partial charge in [0.25, 0.3) is 5.69 Å². The summed E-state index contributed by atoms with van der Waals surface area (Å²) in [5.74, 6) is 0.367. The highest BCUT2D eigenvalue weighted by atomic mass is 32.2. The van der Waals surface area contributed by atoms with Crippen molar-refractivity contribution in [2.45, 2.75) is 24.3 Å². The van der Waals surface area contributed by atoms with Gasteiger partial charge in [0.1, 0.15) is 5.69 Å². The van der Waals surface area contributed by atoms with Crippen LogP contribution < -0.4 is 5.32 Å². The normalized spacial score (nSPS) is 11.8. The minimum atomic E-state index is -0.523. The summed E-state index contributed by atoms with van der Waals surface area (Å²) in [4.78, 5) is 23.1.